The fraction of sp³-hybridized carbons (Fsp3) is 0.571. The molecule has 3 heterocycles. The van der Waals surface area contributed by atoms with Crippen molar-refractivity contribution >= 4 is 0 Å². The molecule has 0 N–H and O–H groups in total. The lowest BCUT2D eigenvalue weighted by Crippen LogP contribution is -2.63. The minimum Gasteiger partial charge on any atom is -0.303 e. The van der Waals surface area contributed by atoms with Crippen LogP contribution in [0.2, 0.25) is 0 Å². The van der Waals surface area contributed by atoms with E-state index >= 15 is 0 Å². The number of hydrogen-bond donors (Lipinski definition) is 0. The van der Waals surface area contributed by atoms with Gasteiger partial charge in [0.1, 0.15) is 0 Å². The molecule has 0 radical (unpaired) electrons. The first kappa shape index (κ1) is 17.7. The number of hydrogen-bond acceptors (Lipinski definition) is 4. The van der Waals surface area contributed by atoms with E-state index in [1.807, 2.05) is 23.1 Å². The molecule has 0 unspecified atom stereocenters. The Morgan fingerprint density at radius 1 is 0.923 bits per heavy atom. The molecule has 140 valence electrons. The van der Waals surface area contributed by atoms with Crippen LogP contribution in [0.5, 0.6) is 0 Å². The summed E-state index contributed by atoms with van der Waals surface area (Å²) in [6.07, 6.45) is 6.44. The number of aromatic nitrogens is 2. The van der Waals surface area contributed by atoms with Crippen LogP contribution in [0.15, 0.2) is 42.7 Å². The van der Waals surface area contributed by atoms with Gasteiger partial charge in [0.15, 0.2) is 0 Å². The van der Waals surface area contributed by atoms with E-state index in [9.17, 15) is 0 Å². The maximum atomic E-state index is 4.36. The van der Waals surface area contributed by atoms with E-state index < -0.39 is 0 Å². The third-order valence-corrected chi connectivity index (χ3v) is 6.38. The molecular formula is C21H31N5. The number of rotatable bonds is 4. The van der Waals surface area contributed by atoms with Crippen molar-refractivity contribution in [2.45, 2.75) is 31.5 Å². The highest BCUT2D eigenvalue weighted by Gasteiger charge is 2.41. The molecule has 5 nitrogen and oxygen atoms in total. The summed E-state index contributed by atoms with van der Waals surface area (Å²) < 4.78 is 2.01. The molecule has 2 saturated heterocycles. The average molecular weight is 354 g/mol. The number of nitrogens with zero attached hydrogens (tertiary/aromatic N) is 5. The van der Waals surface area contributed by atoms with Gasteiger partial charge in [0.25, 0.3) is 0 Å². The van der Waals surface area contributed by atoms with E-state index in [-0.39, 0.29) is 0 Å². The minimum absolute atomic E-state index is 0.387. The molecule has 0 saturated carbocycles. The highest BCUT2D eigenvalue weighted by Crippen LogP contribution is 2.31. The summed E-state index contributed by atoms with van der Waals surface area (Å²) in [7, 11) is 4.59. The van der Waals surface area contributed by atoms with Crippen LogP contribution in [-0.2, 0) is 13.1 Å². The molecule has 1 aromatic heterocycles. The van der Waals surface area contributed by atoms with Crippen molar-refractivity contribution in [3.63, 3.8) is 0 Å². The fourth-order valence-corrected chi connectivity index (χ4v) is 4.60. The summed E-state index contributed by atoms with van der Waals surface area (Å²) in [6, 6.07) is 10.8. The van der Waals surface area contributed by atoms with Crippen molar-refractivity contribution in [3.05, 3.63) is 53.9 Å². The predicted molar refractivity (Wildman–Crippen MR) is 105 cm³/mol. The van der Waals surface area contributed by atoms with Gasteiger partial charge in [0.2, 0.25) is 0 Å². The van der Waals surface area contributed by atoms with Crippen molar-refractivity contribution in [1.82, 2.24) is 24.5 Å². The first-order valence-corrected chi connectivity index (χ1v) is 9.81. The predicted octanol–water partition coefficient (Wildman–Crippen LogP) is 2.14. The van der Waals surface area contributed by atoms with Gasteiger partial charge in [0, 0.05) is 57.2 Å². The molecule has 2 fully saturated rings. The molecule has 0 aliphatic carbocycles. The number of piperazine rings is 1. The quantitative estimate of drug-likeness (QED) is 0.842. The standard InChI is InChI=1S/C21H31N5/c1-23-14-15-24(2)21(18-23)8-12-25(13-9-21)16-19-6-3-4-7-20(19)17-26-11-5-10-22-26/h3-7,10-11H,8-9,12-18H2,1-2H3. The van der Waals surface area contributed by atoms with Crippen LogP contribution < -0.4 is 0 Å². The Morgan fingerprint density at radius 3 is 2.35 bits per heavy atom. The van der Waals surface area contributed by atoms with Crippen LogP contribution in [-0.4, -0.2) is 76.8 Å². The van der Waals surface area contributed by atoms with E-state index in [1.165, 1.54) is 56.7 Å². The van der Waals surface area contributed by atoms with Gasteiger partial charge in [0.05, 0.1) is 6.54 Å². The Morgan fingerprint density at radius 2 is 1.65 bits per heavy atom. The zero-order valence-corrected chi connectivity index (χ0v) is 16.1. The minimum atomic E-state index is 0.387. The van der Waals surface area contributed by atoms with E-state index in [2.05, 4.69) is 58.2 Å². The van der Waals surface area contributed by atoms with Crippen LogP contribution in [0, 0.1) is 0 Å². The molecule has 5 heteroatoms. The molecule has 0 bridgehead atoms. The lowest BCUT2D eigenvalue weighted by Gasteiger charge is -2.52. The Kier molecular flexibility index (Phi) is 5.11. The molecule has 0 atom stereocenters. The van der Waals surface area contributed by atoms with Crippen LogP contribution in [0.25, 0.3) is 0 Å². The first-order valence-electron chi connectivity index (χ1n) is 9.81. The van der Waals surface area contributed by atoms with E-state index in [0.29, 0.717) is 5.54 Å². The molecule has 2 aliphatic heterocycles. The van der Waals surface area contributed by atoms with E-state index in [1.54, 1.807) is 0 Å². The molecule has 1 spiro atoms. The Bertz CT molecular complexity index is 703. The molecule has 0 amide bonds. The number of benzene rings is 1. The smallest absolute Gasteiger partial charge is 0.0662 e. The second-order valence-electron chi connectivity index (χ2n) is 8.13. The van der Waals surface area contributed by atoms with Crippen LogP contribution in [0.3, 0.4) is 0 Å². The van der Waals surface area contributed by atoms with Crippen LogP contribution >= 0.6 is 0 Å². The van der Waals surface area contributed by atoms with Crippen molar-refractivity contribution in [2.75, 3.05) is 46.8 Å². The maximum absolute atomic E-state index is 4.36. The second-order valence-corrected chi connectivity index (χ2v) is 8.13. The van der Waals surface area contributed by atoms with Crippen LogP contribution in [0.4, 0.5) is 0 Å². The fourth-order valence-electron chi connectivity index (χ4n) is 4.60. The summed E-state index contributed by atoms with van der Waals surface area (Å²) in [6.45, 7) is 7.89. The zero-order valence-electron chi connectivity index (χ0n) is 16.1. The SMILES string of the molecule is CN1CCN(C)C2(CCN(Cc3ccccc3Cn3cccn3)CC2)C1. The van der Waals surface area contributed by atoms with Gasteiger partial charge in [-0.05, 0) is 44.1 Å². The number of piperidine rings is 1. The normalized spacial score (nSPS) is 22.1. The van der Waals surface area contributed by atoms with Gasteiger partial charge in [-0.1, -0.05) is 24.3 Å². The maximum Gasteiger partial charge on any atom is 0.0662 e. The zero-order chi connectivity index (χ0) is 18.0. The van der Waals surface area contributed by atoms with Gasteiger partial charge in [-0.15, -0.1) is 0 Å². The van der Waals surface area contributed by atoms with Gasteiger partial charge in [-0.25, -0.2) is 0 Å². The third kappa shape index (κ3) is 3.70. The summed E-state index contributed by atoms with van der Waals surface area (Å²) >= 11 is 0. The van der Waals surface area contributed by atoms with E-state index in [4.69, 9.17) is 0 Å². The van der Waals surface area contributed by atoms with Crippen molar-refractivity contribution in [1.29, 1.82) is 0 Å². The largest absolute Gasteiger partial charge is 0.303 e. The second kappa shape index (κ2) is 7.51. The Labute approximate surface area is 157 Å². The van der Waals surface area contributed by atoms with Gasteiger partial charge >= 0.3 is 0 Å². The lowest BCUT2D eigenvalue weighted by atomic mass is 9.83. The molecule has 2 aliphatic rings. The molecule has 2 aromatic rings. The lowest BCUT2D eigenvalue weighted by molar-refractivity contribution is -0.0205. The summed E-state index contributed by atoms with van der Waals surface area (Å²) in [5.74, 6) is 0. The first-order chi connectivity index (χ1) is 12.6. The highest BCUT2D eigenvalue weighted by atomic mass is 15.3. The van der Waals surface area contributed by atoms with Crippen LogP contribution in [0.1, 0.15) is 24.0 Å². The Balaban J connectivity index is 1.40. The van der Waals surface area contributed by atoms with E-state index in [0.717, 1.165) is 13.1 Å². The molecule has 4 rings (SSSR count). The van der Waals surface area contributed by atoms with Crippen molar-refractivity contribution < 1.29 is 0 Å². The highest BCUT2D eigenvalue weighted by molar-refractivity contribution is 5.27. The number of likely N-dealkylation sites (N-methyl/N-ethyl adjacent to an activating group) is 2. The third-order valence-electron chi connectivity index (χ3n) is 6.38. The summed E-state index contributed by atoms with van der Waals surface area (Å²) in [4.78, 5) is 7.76. The topological polar surface area (TPSA) is 27.5 Å². The average Bonchev–Trinajstić information content (AvgIpc) is 3.15. The van der Waals surface area contributed by atoms with Crippen molar-refractivity contribution in [3.8, 4) is 0 Å². The molecular weight excluding hydrogens is 322 g/mol. The van der Waals surface area contributed by atoms with Gasteiger partial charge in [-0.3, -0.25) is 14.5 Å². The van der Waals surface area contributed by atoms with Crippen molar-refractivity contribution in [2.24, 2.45) is 0 Å². The molecule has 26 heavy (non-hydrogen) atoms. The Hall–Kier alpha value is -1.69. The monoisotopic (exact) mass is 353 g/mol. The van der Waals surface area contributed by atoms with Gasteiger partial charge in [-0.2, -0.15) is 5.10 Å². The van der Waals surface area contributed by atoms with Gasteiger partial charge < -0.3 is 4.90 Å². The number of likely N-dealkylation sites (tertiary alicyclic amines) is 1. The molecule has 1 aromatic carbocycles. The summed E-state index contributed by atoms with van der Waals surface area (Å²) in [5.41, 5.74) is 3.21. The summed E-state index contributed by atoms with van der Waals surface area (Å²) in [5, 5.41) is 4.36.